The van der Waals surface area contributed by atoms with Crippen LogP contribution in [0.2, 0.25) is 0 Å². The van der Waals surface area contributed by atoms with Crippen LogP contribution < -0.4 is 4.74 Å². The number of nitrogens with zero attached hydrogens (tertiary/aromatic N) is 1. The second kappa shape index (κ2) is 10.5. The molecule has 1 amide bonds. The van der Waals surface area contributed by atoms with Crippen LogP contribution in [-0.4, -0.2) is 55.2 Å². The molecule has 7 nitrogen and oxygen atoms in total. The summed E-state index contributed by atoms with van der Waals surface area (Å²) in [7, 11) is 0. The molecule has 0 bridgehead atoms. The number of ether oxygens (including phenoxy) is 3. The smallest absolute Gasteiger partial charge is 0.328 e. The predicted molar refractivity (Wildman–Crippen MR) is 98.2 cm³/mol. The molecule has 1 atom stereocenters. The van der Waals surface area contributed by atoms with Crippen LogP contribution in [0, 0.1) is 6.92 Å². The van der Waals surface area contributed by atoms with Gasteiger partial charge in [-0.25, -0.2) is 4.79 Å². The highest BCUT2D eigenvalue weighted by atomic mass is 16.5. The van der Waals surface area contributed by atoms with Crippen LogP contribution in [0.15, 0.2) is 24.3 Å². The summed E-state index contributed by atoms with van der Waals surface area (Å²) < 4.78 is 15.6. The third-order valence-electron chi connectivity index (χ3n) is 4.40. The van der Waals surface area contributed by atoms with E-state index in [1.807, 2.05) is 31.2 Å². The van der Waals surface area contributed by atoms with Crippen molar-refractivity contribution in [2.45, 2.75) is 45.6 Å². The van der Waals surface area contributed by atoms with Gasteiger partial charge in [0.25, 0.3) is 5.91 Å². The second-order valence-corrected chi connectivity index (χ2v) is 6.38. The number of hydrogen-bond donors (Lipinski definition) is 0. The van der Waals surface area contributed by atoms with Gasteiger partial charge in [-0.15, -0.1) is 0 Å². The summed E-state index contributed by atoms with van der Waals surface area (Å²) >= 11 is 0. The molecular formula is C20H27NO6. The highest BCUT2D eigenvalue weighted by molar-refractivity contribution is 5.86. The van der Waals surface area contributed by atoms with Crippen LogP contribution in [0.25, 0.3) is 0 Å². The van der Waals surface area contributed by atoms with E-state index in [4.69, 9.17) is 14.2 Å². The molecule has 1 aliphatic rings. The zero-order valence-electron chi connectivity index (χ0n) is 15.9. The maximum Gasteiger partial charge on any atom is 0.328 e. The number of carbonyl (C=O) groups is 3. The molecule has 0 saturated carbocycles. The van der Waals surface area contributed by atoms with Crippen molar-refractivity contribution >= 4 is 17.8 Å². The molecule has 0 aromatic heterocycles. The fourth-order valence-corrected chi connectivity index (χ4v) is 2.97. The number of rotatable bonds is 8. The lowest BCUT2D eigenvalue weighted by Gasteiger charge is -2.33. The SMILES string of the molecule is CCOC(=O)C1CCCCN1C(=O)COC(=O)CCOc1ccccc1C. The summed E-state index contributed by atoms with van der Waals surface area (Å²) in [4.78, 5) is 37.7. The molecule has 1 heterocycles. The first-order valence-corrected chi connectivity index (χ1v) is 9.33. The summed E-state index contributed by atoms with van der Waals surface area (Å²) in [5.74, 6) is -0.571. The topological polar surface area (TPSA) is 82.1 Å². The van der Waals surface area contributed by atoms with Gasteiger partial charge < -0.3 is 19.1 Å². The Morgan fingerprint density at radius 1 is 1.15 bits per heavy atom. The predicted octanol–water partition coefficient (Wildman–Crippen LogP) is 2.25. The Bertz CT molecular complexity index is 660. The molecule has 1 saturated heterocycles. The van der Waals surface area contributed by atoms with Gasteiger partial charge in [0.15, 0.2) is 6.61 Å². The fourth-order valence-electron chi connectivity index (χ4n) is 2.97. The van der Waals surface area contributed by atoms with E-state index in [9.17, 15) is 14.4 Å². The van der Waals surface area contributed by atoms with Crippen LogP contribution in [0.5, 0.6) is 5.75 Å². The normalized spacial score (nSPS) is 16.5. The first kappa shape index (κ1) is 20.7. The monoisotopic (exact) mass is 377 g/mol. The van der Waals surface area contributed by atoms with Gasteiger partial charge >= 0.3 is 11.9 Å². The molecule has 148 valence electrons. The number of aryl methyl sites for hydroxylation is 1. The lowest BCUT2D eigenvalue weighted by atomic mass is 10.0. The number of likely N-dealkylation sites (tertiary alicyclic amines) is 1. The van der Waals surface area contributed by atoms with Gasteiger partial charge in [-0.05, 0) is 44.7 Å². The first-order chi connectivity index (χ1) is 13.0. The summed E-state index contributed by atoms with van der Waals surface area (Å²) in [6, 6.07) is 6.93. The van der Waals surface area contributed by atoms with Gasteiger partial charge in [-0.2, -0.15) is 0 Å². The Labute approximate surface area is 159 Å². The number of benzene rings is 1. The van der Waals surface area contributed by atoms with E-state index in [2.05, 4.69) is 0 Å². The summed E-state index contributed by atoms with van der Waals surface area (Å²) in [6.07, 6.45) is 2.30. The van der Waals surface area contributed by atoms with Crippen molar-refractivity contribution in [3.05, 3.63) is 29.8 Å². The highest BCUT2D eigenvalue weighted by Gasteiger charge is 2.33. The van der Waals surface area contributed by atoms with Crippen molar-refractivity contribution in [2.75, 3.05) is 26.4 Å². The molecule has 1 aromatic rings. The van der Waals surface area contributed by atoms with E-state index in [-0.39, 0.29) is 32.1 Å². The Hall–Kier alpha value is -2.57. The summed E-state index contributed by atoms with van der Waals surface area (Å²) in [5, 5.41) is 0. The standard InChI is InChI=1S/C20H27NO6/c1-3-25-20(24)16-9-6-7-12-21(16)18(22)14-27-19(23)11-13-26-17-10-5-4-8-15(17)2/h4-5,8,10,16H,3,6-7,9,11-14H2,1-2H3. The fraction of sp³-hybridized carbons (Fsp3) is 0.550. The largest absolute Gasteiger partial charge is 0.493 e. The molecule has 1 aromatic carbocycles. The van der Waals surface area contributed by atoms with E-state index in [0.29, 0.717) is 18.7 Å². The molecular weight excluding hydrogens is 350 g/mol. The Morgan fingerprint density at radius 3 is 2.67 bits per heavy atom. The average Bonchev–Trinajstić information content (AvgIpc) is 2.68. The minimum absolute atomic E-state index is 0.0446. The second-order valence-electron chi connectivity index (χ2n) is 6.38. The van der Waals surface area contributed by atoms with Crippen molar-refractivity contribution in [2.24, 2.45) is 0 Å². The highest BCUT2D eigenvalue weighted by Crippen LogP contribution is 2.19. The molecule has 2 rings (SSSR count). The molecule has 0 N–H and O–H groups in total. The third-order valence-corrected chi connectivity index (χ3v) is 4.40. The maximum absolute atomic E-state index is 12.4. The molecule has 0 spiro atoms. The molecule has 1 unspecified atom stereocenters. The Balaban J connectivity index is 1.75. The van der Waals surface area contributed by atoms with Gasteiger partial charge in [-0.3, -0.25) is 9.59 Å². The van der Waals surface area contributed by atoms with Crippen molar-refractivity contribution in [1.29, 1.82) is 0 Å². The van der Waals surface area contributed by atoms with Crippen molar-refractivity contribution in [1.82, 2.24) is 4.90 Å². The van der Waals surface area contributed by atoms with E-state index >= 15 is 0 Å². The van der Waals surface area contributed by atoms with Crippen molar-refractivity contribution in [3.8, 4) is 5.75 Å². The van der Waals surface area contributed by atoms with Gasteiger partial charge in [0, 0.05) is 6.54 Å². The van der Waals surface area contributed by atoms with Crippen molar-refractivity contribution < 1.29 is 28.6 Å². The molecule has 1 fully saturated rings. The van der Waals surface area contributed by atoms with E-state index < -0.39 is 18.0 Å². The van der Waals surface area contributed by atoms with Crippen LogP contribution >= 0.6 is 0 Å². The van der Waals surface area contributed by atoms with Crippen LogP contribution in [0.4, 0.5) is 0 Å². The van der Waals surface area contributed by atoms with Gasteiger partial charge in [0.1, 0.15) is 11.8 Å². The van der Waals surface area contributed by atoms with E-state index in [1.54, 1.807) is 6.92 Å². The zero-order chi connectivity index (χ0) is 19.6. The van der Waals surface area contributed by atoms with Crippen LogP contribution in [-0.2, 0) is 23.9 Å². The van der Waals surface area contributed by atoms with E-state index in [1.165, 1.54) is 4.90 Å². The van der Waals surface area contributed by atoms with Gasteiger partial charge in [0.05, 0.1) is 19.6 Å². The Kier molecular flexibility index (Phi) is 8.10. The van der Waals surface area contributed by atoms with E-state index in [0.717, 1.165) is 18.4 Å². The van der Waals surface area contributed by atoms with Gasteiger partial charge in [0.2, 0.25) is 0 Å². The third kappa shape index (κ3) is 6.27. The summed E-state index contributed by atoms with van der Waals surface area (Å²) in [5.41, 5.74) is 0.983. The number of amides is 1. The minimum Gasteiger partial charge on any atom is -0.493 e. The first-order valence-electron chi connectivity index (χ1n) is 9.33. The summed E-state index contributed by atoms with van der Waals surface area (Å²) in [6.45, 7) is 4.19. The van der Waals surface area contributed by atoms with Gasteiger partial charge in [-0.1, -0.05) is 18.2 Å². The lowest BCUT2D eigenvalue weighted by Crippen LogP contribution is -2.50. The molecule has 0 radical (unpaired) electrons. The Morgan fingerprint density at radius 2 is 1.93 bits per heavy atom. The van der Waals surface area contributed by atoms with Crippen molar-refractivity contribution in [3.63, 3.8) is 0 Å². The molecule has 1 aliphatic heterocycles. The minimum atomic E-state index is -0.589. The average molecular weight is 377 g/mol. The molecule has 7 heteroatoms. The lowest BCUT2D eigenvalue weighted by molar-refractivity contribution is -0.161. The number of para-hydroxylation sites is 1. The van der Waals surface area contributed by atoms with Crippen LogP contribution in [0.1, 0.15) is 38.2 Å². The molecule has 27 heavy (non-hydrogen) atoms. The number of piperidine rings is 1. The number of hydrogen-bond acceptors (Lipinski definition) is 6. The quantitative estimate of drug-likeness (QED) is 0.646. The zero-order valence-corrected chi connectivity index (χ0v) is 15.9. The number of carbonyl (C=O) groups excluding carboxylic acids is 3. The molecule has 0 aliphatic carbocycles. The van der Waals surface area contributed by atoms with Crippen LogP contribution in [0.3, 0.4) is 0 Å². The maximum atomic E-state index is 12.4. The number of esters is 2.